The Bertz CT molecular complexity index is 527. The number of unbranched alkanes of at least 4 members (excludes halogenated alkanes) is 1. The molecule has 5 nitrogen and oxygen atoms in total. The van der Waals surface area contributed by atoms with Crippen LogP contribution in [0.1, 0.15) is 26.2 Å². The Labute approximate surface area is 120 Å². The van der Waals surface area contributed by atoms with Gasteiger partial charge < -0.3 is 5.11 Å². The van der Waals surface area contributed by atoms with E-state index < -0.39 is 16.0 Å². The van der Waals surface area contributed by atoms with Crippen LogP contribution in [-0.2, 0) is 14.8 Å². The lowest BCUT2D eigenvalue weighted by Crippen LogP contribution is -2.28. The average molecular weight is 299 g/mol. The number of hydrogen-bond acceptors (Lipinski definition) is 3. The summed E-state index contributed by atoms with van der Waals surface area (Å²) in [7, 11) is -1.89. The van der Waals surface area contributed by atoms with E-state index in [0.29, 0.717) is 25.8 Å². The molecule has 0 spiro atoms. The summed E-state index contributed by atoms with van der Waals surface area (Å²) < 4.78 is 25.7. The van der Waals surface area contributed by atoms with Gasteiger partial charge in [0.2, 0.25) is 10.0 Å². The normalized spacial score (nSPS) is 13.3. The van der Waals surface area contributed by atoms with Crippen LogP contribution in [-0.4, -0.2) is 37.4 Å². The lowest BCUT2D eigenvalue weighted by Gasteiger charge is -2.17. The van der Waals surface area contributed by atoms with Gasteiger partial charge in [0.25, 0.3) is 0 Å². The highest BCUT2D eigenvalue weighted by molar-refractivity contribution is 7.89. The van der Waals surface area contributed by atoms with Crippen LogP contribution in [0.15, 0.2) is 35.2 Å². The fraction of sp³-hybridized carbons (Fsp3) is 0.500. The summed E-state index contributed by atoms with van der Waals surface area (Å²) >= 11 is 0. The molecular formula is C14H21NO4S. The summed E-state index contributed by atoms with van der Waals surface area (Å²) in [6, 6.07) is 8.29. The number of aliphatic carboxylic acids is 1. The molecule has 1 aromatic rings. The SMILES string of the molecule is C[C@H](CCCCN(C)S(=O)(=O)c1ccccc1)C(=O)O. The van der Waals surface area contributed by atoms with E-state index in [1.165, 1.54) is 4.31 Å². The first-order valence-corrected chi connectivity index (χ1v) is 8.04. The second kappa shape index (κ2) is 7.40. The van der Waals surface area contributed by atoms with Crippen molar-refractivity contribution < 1.29 is 18.3 Å². The van der Waals surface area contributed by atoms with Gasteiger partial charge in [-0.25, -0.2) is 12.7 Å². The van der Waals surface area contributed by atoms with Crippen molar-refractivity contribution in [2.24, 2.45) is 5.92 Å². The minimum atomic E-state index is -3.44. The van der Waals surface area contributed by atoms with E-state index in [4.69, 9.17) is 5.11 Å². The third-order valence-electron chi connectivity index (χ3n) is 3.23. The van der Waals surface area contributed by atoms with Gasteiger partial charge >= 0.3 is 5.97 Å². The van der Waals surface area contributed by atoms with E-state index in [0.717, 1.165) is 0 Å². The zero-order chi connectivity index (χ0) is 15.2. The molecule has 112 valence electrons. The molecule has 1 rings (SSSR count). The van der Waals surface area contributed by atoms with Crippen molar-refractivity contribution in [3.63, 3.8) is 0 Å². The van der Waals surface area contributed by atoms with E-state index in [1.807, 2.05) is 0 Å². The van der Waals surface area contributed by atoms with Gasteiger partial charge in [-0.2, -0.15) is 0 Å². The van der Waals surface area contributed by atoms with Crippen molar-refractivity contribution in [1.82, 2.24) is 4.31 Å². The topological polar surface area (TPSA) is 74.7 Å². The molecule has 0 unspecified atom stereocenters. The van der Waals surface area contributed by atoms with Gasteiger partial charge in [0.05, 0.1) is 10.8 Å². The summed E-state index contributed by atoms with van der Waals surface area (Å²) in [5.41, 5.74) is 0. The Morgan fingerprint density at radius 2 is 1.85 bits per heavy atom. The highest BCUT2D eigenvalue weighted by Gasteiger charge is 2.19. The lowest BCUT2D eigenvalue weighted by molar-refractivity contribution is -0.141. The molecule has 0 aromatic heterocycles. The zero-order valence-electron chi connectivity index (χ0n) is 11.8. The van der Waals surface area contributed by atoms with Crippen molar-refractivity contribution >= 4 is 16.0 Å². The van der Waals surface area contributed by atoms with Crippen molar-refractivity contribution in [3.05, 3.63) is 30.3 Å². The van der Waals surface area contributed by atoms with E-state index in [-0.39, 0.29) is 10.8 Å². The molecule has 0 bridgehead atoms. The Balaban J connectivity index is 2.47. The molecular weight excluding hydrogens is 278 g/mol. The van der Waals surface area contributed by atoms with Gasteiger partial charge in [-0.3, -0.25) is 4.79 Å². The van der Waals surface area contributed by atoms with Crippen LogP contribution in [0, 0.1) is 5.92 Å². The van der Waals surface area contributed by atoms with Crippen molar-refractivity contribution in [2.75, 3.05) is 13.6 Å². The van der Waals surface area contributed by atoms with E-state index >= 15 is 0 Å². The van der Waals surface area contributed by atoms with Crippen LogP contribution in [0.5, 0.6) is 0 Å². The third-order valence-corrected chi connectivity index (χ3v) is 5.10. The largest absolute Gasteiger partial charge is 0.481 e. The number of carboxylic acid groups (broad SMARTS) is 1. The molecule has 0 aliphatic rings. The standard InChI is InChI=1S/C14H21NO4S/c1-12(14(16)17)8-6-7-11-15(2)20(18,19)13-9-4-3-5-10-13/h3-5,9-10,12H,6-8,11H2,1-2H3,(H,16,17)/t12-/m1/s1. The molecule has 0 saturated carbocycles. The monoisotopic (exact) mass is 299 g/mol. The van der Waals surface area contributed by atoms with Crippen LogP contribution < -0.4 is 0 Å². The smallest absolute Gasteiger partial charge is 0.306 e. The number of hydrogen-bond donors (Lipinski definition) is 1. The number of carboxylic acids is 1. The Morgan fingerprint density at radius 1 is 1.25 bits per heavy atom. The fourth-order valence-corrected chi connectivity index (χ4v) is 3.03. The van der Waals surface area contributed by atoms with Crippen LogP contribution >= 0.6 is 0 Å². The van der Waals surface area contributed by atoms with Crippen LogP contribution in [0.25, 0.3) is 0 Å². The number of nitrogens with zero attached hydrogens (tertiary/aromatic N) is 1. The van der Waals surface area contributed by atoms with E-state index in [2.05, 4.69) is 0 Å². The predicted octanol–water partition coefficient (Wildman–Crippen LogP) is 2.20. The molecule has 0 saturated heterocycles. The van der Waals surface area contributed by atoms with Crippen molar-refractivity contribution in [3.8, 4) is 0 Å². The molecule has 0 heterocycles. The molecule has 0 amide bonds. The molecule has 1 aromatic carbocycles. The van der Waals surface area contributed by atoms with Crippen molar-refractivity contribution in [2.45, 2.75) is 31.1 Å². The number of rotatable bonds is 8. The molecule has 0 aliphatic carbocycles. The minimum absolute atomic E-state index is 0.279. The first-order chi connectivity index (χ1) is 9.35. The molecule has 20 heavy (non-hydrogen) atoms. The number of sulfonamides is 1. The maximum absolute atomic E-state index is 12.2. The highest BCUT2D eigenvalue weighted by Crippen LogP contribution is 2.15. The quantitative estimate of drug-likeness (QED) is 0.747. The van der Waals surface area contributed by atoms with Crippen LogP contribution in [0.2, 0.25) is 0 Å². The van der Waals surface area contributed by atoms with E-state index in [1.54, 1.807) is 44.3 Å². The summed E-state index contributed by atoms with van der Waals surface area (Å²) in [4.78, 5) is 10.9. The summed E-state index contributed by atoms with van der Waals surface area (Å²) in [5, 5.41) is 8.76. The summed E-state index contributed by atoms with van der Waals surface area (Å²) in [6.07, 6.45) is 1.91. The Hall–Kier alpha value is -1.40. The second-order valence-corrected chi connectivity index (χ2v) is 6.92. The zero-order valence-corrected chi connectivity index (χ0v) is 12.6. The predicted molar refractivity (Wildman–Crippen MR) is 76.9 cm³/mol. The summed E-state index contributed by atoms with van der Waals surface area (Å²) in [6.45, 7) is 2.05. The molecule has 0 radical (unpaired) electrons. The lowest BCUT2D eigenvalue weighted by atomic mass is 10.0. The second-order valence-electron chi connectivity index (χ2n) is 4.87. The minimum Gasteiger partial charge on any atom is -0.481 e. The maximum Gasteiger partial charge on any atom is 0.306 e. The number of benzene rings is 1. The van der Waals surface area contributed by atoms with Gasteiger partial charge in [-0.1, -0.05) is 31.5 Å². The van der Waals surface area contributed by atoms with Crippen LogP contribution in [0.3, 0.4) is 0 Å². The Kier molecular flexibility index (Phi) is 6.16. The molecule has 6 heteroatoms. The van der Waals surface area contributed by atoms with Crippen LogP contribution in [0.4, 0.5) is 0 Å². The van der Waals surface area contributed by atoms with Gasteiger partial charge in [-0.05, 0) is 25.0 Å². The first-order valence-electron chi connectivity index (χ1n) is 6.60. The average Bonchev–Trinajstić information content (AvgIpc) is 2.43. The molecule has 0 aliphatic heterocycles. The summed E-state index contributed by atoms with van der Waals surface area (Å²) in [5.74, 6) is -1.19. The molecule has 1 atom stereocenters. The van der Waals surface area contributed by atoms with Gasteiger partial charge in [0, 0.05) is 13.6 Å². The van der Waals surface area contributed by atoms with Crippen molar-refractivity contribution in [1.29, 1.82) is 0 Å². The van der Waals surface area contributed by atoms with E-state index in [9.17, 15) is 13.2 Å². The first kappa shape index (κ1) is 16.7. The molecule has 0 fully saturated rings. The Morgan fingerprint density at radius 3 is 2.40 bits per heavy atom. The van der Waals surface area contributed by atoms with Gasteiger partial charge in [-0.15, -0.1) is 0 Å². The third kappa shape index (κ3) is 4.61. The molecule has 1 N–H and O–H groups in total. The maximum atomic E-state index is 12.2. The number of carbonyl (C=O) groups is 1. The van der Waals surface area contributed by atoms with Gasteiger partial charge in [0.1, 0.15) is 0 Å². The van der Waals surface area contributed by atoms with Gasteiger partial charge in [0.15, 0.2) is 0 Å². The highest BCUT2D eigenvalue weighted by atomic mass is 32.2. The fourth-order valence-electron chi connectivity index (χ4n) is 1.80.